The number of carboxylic acids is 2. The van der Waals surface area contributed by atoms with E-state index in [9.17, 15) is 18.4 Å². The van der Waals surface area contributed by atoms with Crippen molar-refractivity contribution < 1.29 is 33.3 Å². The van der Waals surface area contributed by atoms with Gasteiger partial charge in [0, 0.05) is 50.1 Å². The molecular formula is C29H31F2N3O5. The number of carboxylic acid groups (broad SMARTS) is 2. The summed E-state index contributed by atoms with van der Waals surface area (Å²) < 4.78 is 33.1. The van der Waals surface area contributed by atoms with Gasteiger partial charge in [-0.15, -0.1) is 0 Å². The molecule has 0 aromatic heterocycles. The molecule has 2 unspecified atom stereocenters. The predicted molar refractivity (Wildman–Crippen MR) is 139 cm³/mol. The largest absolute Gasteiger partial charge is 0.490 e. The maximum atomic E-state index is 14.0. The molecule has 1 heterocycles. The second-order valence-electron chi connectivity index (χ2n) is 10.1. The van der Waals surface area contributed by atoms with Crippen molar-refractivity contribution in [1.29, 1.82) is 5.26 Å². The zero-order valence-corrected chi connectivity index (χ0v) is 21.4. The van der Waals surface area contributed by atoms with Gasteiger partial charge in [-0.05, 0) is 80.0 Å². The third-order valence-corrected chi connectivity index (χ3v) is 7.70. The molecule has 8 nitrogen and oxygen atoms in total. The summed E-state index contributed by atoms with van der Waals surface area (Å²) in [7, 11) is 0. The summed E-state index contributed by atoms with van der Waals surface area (Å²) in [6, 6.07) is 13.7. The number of carbonyl (C=O) groups is 2. The number of piperazine rings is 1. The van der Waals surface area contributed by atoms with E-state index in [-0.39, 0.29) is 17.5 Å². The van der Waals surface area contributed by atoms with Gasteiger partial charge >= 0.3 is 11.9 Å². The van der Waals surface area contributed by atoms with Gasteiger partial charge in [-0.25, -0.2) is 18.4 Å². The van der Waals surface area contributed by atoms with Crippen LogP contribution in [0.3, 0.4) is 0 Å². The van der Waals surface area contributed by atoms with Gasteiger partial charge in [0.05, 0.1) is 11.7 Å². The summed E-state index contributed by atoms with van der Waals surface area (Å²) in [4.78, 5) is 23.9. The number of nitrogens with zero attached hydrogens (tertiary/aromatic N) is 3. The van der Waals surface area contributed by atoms with Crippen LogP contribution in [0.25, 0.3) is 0 Å². The lowest BCUT2D eigenvalue weighted by Crippen LogP contribution is -2.50. The summed E-state index contributed by atoms with van der Waals surface area (Å²) >= 11 is 0. The molecule has 2 N–H and O–H groups in total. The Morgan fingerprint density at radius 2 is 1.49 bits per heavy atom. The molecule has 1 saturated heterocycles. The Morgan fingerprint density at radius 1 is 0.897 bits per heavy atom. The zero-order chi connectivity index (χ0) is 27.9. The lowest BCUT2D eigenvalue weighted by atomic mass is 10.0. The molecule has 5 rings (SSSR count). The fraction of sp³-hybridized carbons (Fsp3) is 0.414. The van der Waals surface area contributed by atoms with Gasteiger partial charge in [0.15, 0.2) is 0 Å². The molecular weight excluding hydrogens is 508 g/mol. The predicted octanol–water partition coefficient (Wildman–Crippen LogP) is 4.31. The van der Waals surface area contributed by atoms with Crippen LogP contribution >= 0.6 is 0 Å². The van der Waals surface area contributed by atoms with Gasteiger partial charge in [0.2, 0.25) is 0 Å². The number of hydrogen-bond acceptors (Lipinski definition) is 6. The summed E-state index contributed by atoms with van der Waals surface area (Å²) in [6.45, 7) is 3.74. The highest BCUT2D eigenvalue weighted by Crippen LogP contribution is 2.47. The highest BCUT2D eigenvalue weighted by atomic mass is 19.1. The Balaban J connectivity index is 0.000000386. The van der Waals surface area contributed by atoms with Crippen LogP contribution in [0.15, 0.2) is 54.6 Å². The van der Waals surface area contributed by atoms with Crippen LogP contribution in [-0.4, -0.2) is 65.4 Å². The smallest absolute Gasteiger partial charge is 0.328 e. The fourth-order valence-electron chi connectivity index (χ4n) is 5.91. The first-order valence-corrected chi connectivity index (χ1v) is 13.0. The van der Waals surface area contributed by atoms with E-state index in [0.717, 1.165) is 50.5 Å². The molecule has 2 aromatic rings. The van der Waals surface area contributed by atoms with E-state index < -0.39 is 17.8 Å². The lowest BCUT2D eigenvalue weighted by molar-refractivity contribution is -0.134. The van der Waals surface area contributed by atoms with Crippen molar-refractivity contribution in [2.75, 3.05) is 31.1 Å². The molecule has 10 heteroatoms. The monoisotopic (exact) mass is 539 g/mol. The van der Waals surface area contributed by atoms with Gasteiger partial charge in [0.25, 0.3) is 0 Å². The molecule has 3 fully saturated rings. The van der Waals surface area contributed by atoms with Crippen molar-refractivity contribution in [3.63, 3.8) is 0 Å². The highest BCUT2D eigenvalue weighted by Gasteiger charge is 2.44. The third kappa shape index (κ3) is 7.54. The Kier molecular flexibility index (Phi) is 9.15. The van der Waals surface area contributed by atoms with Crippen LogP contribution in [0.1, 0.15) is 31.2 Å². The second-order valence-corrected chi connectivity index (χ2v) is 10.1. The lowest BCUT2D eigenvalue weighted by Gasteiger charge is -2.39. The van der Waals surface area contributed by atoms with E-state index >= 15 is 0 Å². The average molecular weight is 540 g/mol. The van der Waals surface area contributed by atoms with Crippen LogP contribution < -0.4 is 9.64 Å². The maximum absolute atomic E-state index is 14.0. The maximum Gasteiger partial charge on any atom is 0.328 e. The molecule has 2 atom stereocenters. The van der Waals surface area contributed by atoms with E-state index in [1.54, 1.807) is 18.2 Å². The summed E-state index contributed by atoms with van der Waals surface area (Å²) in [6.07, 6.45) is 5.97. The first-order chi connectivity index (χ1) is 18.7. The molecule has 39 heavy (non-hydrogen) atoms. The van der Waals surface area contributed by atoms with E-state index in [0.29, 0.717) is 30.0 Å². The summed E-state index contributed by atoms with van der Waals surface area (Å²) in [5, 5.41) is 24.5. The third-order valence-electron chi connectivity index (χ3n) is 7.70. The first-order valence-electron chi connectivity index (χ1n) is 13.0. The Bertz CT molecular complexity index is 1210. The minimum atomic E-state index is -1.26. The molecule has 0 radical (unpaired) electrons. The Labute approximate surface area is 225 Å². The number of anilines is 1. The first kappa shape index (κ1) is 28.0. The van der Waals surface area contributed by atoms with Gasteiger partial charge in [-0.3, -0.25) is 4.90 Å². The highest BCUT2D eigenvalue weighted by molar-refractivity contribution is 5.89. The standard InChI is InChI=1S/C25H27F2N3O.C4H4O4/c26-20-2-5-23(6-3-20)31-24-13-18-11-22(12-19(18)14-24)30-9-7-29(8-10-30)21-4-1-17(16-28)25(27)15-21;5-3(6)1-2-4(7)8/h1-6,15,18-19,22,24H,7-14H2;1-2H,(H,5,6)(H,7,8)/b;2-1+. The normalized spacial score (nSPS) is 24.5. The SMILES string of the molecule is N#Cc1ccc(N2CCN(C3CC4CC(Oc5ccc(F)cc5)CC4C3)CC2)cc1F.O=C(O)/C=C/C(=O)O. The average Bonchev–Trinajstić information content (AvgIpc) is 3.48. The number of benzene rings is 2. The second kappa shape index (κ2) is 12.7. The molecule has 0 amide bonds. The minimum absolute atomic E-state index is 0.0987. The van der Waals surface area contributed by atoms with E-state index in [1.165, 1.54) is 31.0 Å². The van der Waals surface area contributed by atoms with E-state index in [2.05, 4.69) is 9.80 Å². The molecule has 2 aromatic carbocycles. The van der Waals surface area contributed by atoms with Gasteiger partial charge < -0.3 is 19.8 Å². The summed E-state index contributed by atoms with van der Waals surface area (Å²) in [5.74, 6) is -1.01. The van der Waals surface area contributed by atoms with Crippen molar-refractivity contribution in [3.8, 4) is 11.8 Å². The Hall–Kier alpha value is -3.97. The quantitative estimate of drug-likeness (QED) is 0.522. The molecule has 0 spiro atoms. The molecule has 2 aliphatic carbocycles. The number of ether oxygens (including phenoxy) is 1. The van der Waals surface area contributed by atoms with Crippen LogP contribution in [0.2, 0.25) is 0 Å². The van der Waals surface area contributed by atoms with Crippen molar-refractivity contribution in [2.24, 2.45) is 11.8 Å². The van der Waals surface area contributed by atoms with Gasteiger partial charge in [-0.1, -0.05) is 0 Å². The topological polar surface area (TPSA) is 114 Å². The number of hydrogen-bond donors (Lipinski definition) is 2. The molecule has 2 saturated carbocycles. The number of rotatable bonds is 6. The van der Waals surface area contributed by atoms with E-state index in [1.807, 2.05) is 12.1 Å². The van der Waals surface area contributed by atoms with Crippen LogP contribution in [-0.2, 0) is 9.59 Å². The van der Waals surface area contributed by atoms with Crippen molar-refractivity contribution >= 4 is 17.6 Å². The number of halogens is 2. The molecule has 3 aliphatic rings. The minimum Gasteiger partial charge on any atom is -0.490 e. The molecule has 1 aliphatic heterocycles. The van der Waals surface area contributed by atoms with Crippen molar-refractivity contribution in [1.82, 2.24) is 4.90 Å². The zero-order valence-electron chi connectivity index (χ0n) is 21.4. The van der Waals surface area contributed by atoms with Crippen LogP contribution in [0.4, 0.5) is 14.5 Å². The van der Waals surface area contributed by atoms with Crippen LogP contribution in [0, 0.1) is 34.8 Å². The van der Waals surface area contributed by atoms with Gasteiger partial charge in [0.1, 0.15) is 23.5 Å². The van der Waals surface area contributed by atoms with Crippen molar-refractivity contribution in [2.45, 2.75) is 37.8 Å². The molecule has 0 bridgehead atoms. The van der Waals surface area contributed by atoms with Gasteiger partial charge in [-0.2, -0.15) is 5.26 Å². The van der Waals surface area contributed by atoms with Crippen molar-refractivity contribution in [3.05, 3.63) is 71.8 Å². The fourth-order valence-corrected chi connectivity index (χ4v) is 5.91. The summed E-state index contributed by atoms with van der Waals surface area (Å²) in [5.41, 5.74) is 0.960. The number of nitriles is 1. The number of fused-ring (bicyclic) bond motifs is 1. The Morgan fingerprint density at radius 3 is 2.00 bits per heavy atom. The molecule has 206 valence electrons. The number of aliphatic carboxylic acids is 2. The van der Waals surface area contributed by atoms with Crippen LogP contribution in [0.5, 0.6) is 5.75 Å². The van der Waals surface area contributed by atoms with E-state index in [4.69, 9.17) is 20.2 Å².